The molecule has 0 aromatic carbocycles. The fraction of sp³-hybridized carbons (Fsp3) is 0.875. The largest absolute Gasteiger partial charge is 0.302 e. The lowest BCUT2D eigenvalue weighted by atomic mass is 10.2. The van der Waals surface area contributed by atoms with E-state index in [4.69, 9.17) is 0 Å². The first-order chi connectivity index (χ1) is 5.38. The van der Waals surface area contributed by atoms with Crippen molar-refractivity contribution in [3.63, 3.8) is 0 Å². The average molecular weight is 173 g/mol. The summed E-state index contributed by atoms with van der Waals surface area (Å²) in [6, 6.07) is 0.662. The van der Waals surface area contributed by atoms with Crippen LogP contribution in [0.2, 0.25) is 0 Å². The number of rotatable bonds is 4. The van der Waals surface area contributed by atoms with Gasteiger partial charge in [-0.2, -0.15) is 11.8 Å². The average Bonchev–Trinajstić information content (AvgIpc) is 2.39. The molecular weight excluding hydrogens is 158 g/mol. The summed E-state index contributed by atoms with van der Waals surface area (Å²) in [5.74, 6) is 1.17. The zero-order chi connectivity index (χ0) is 8.10. The van der Waals surface area contributed by atoms with Gasteiger partial charge in [-0.25, -0.2) is 0 Å². The molecule has 0 N–H and O–H groups in total. The Labute approximate surface area is 72.3 Å². The second kappa shape index (κ2) is 4.78. The summed E-state index contributed by atoms with van der Waals surface area (Å²) in [5, 5.41) is 0. The summed E-state index contributed by atoms with van der Waals surface area (Å²) < 4.78 is 0. The molecule has 0 bridgehead atoms. The van der Waals surface area contributed by atoms with E-state index in [0.717, 1.165) is 12.8 Å². The van der Waals surface area contributed by atoms with Crippen molar-refractivity contribution in [3.05, 3.63) is 0 Å². The Balaban J connectivity index is 2.31. The molecule has 0 spiro atoms. The SMILES string of the molecule is CSCC1CCCN1CC=O. The lowest BCUT2D eigenvalue weighted by molar-refractivity contribution is -0.108. The molecular formula is C8H15NOS. The summed E-state index contributed by atoms with van der Waals surface area (Å²) in [4.78, 5) is 12.5. The van der Waals surface area contributed by atoms with Gasteiger partial charge in [-0.3, -0.25) is 4.90 Å². The third-order valence-corrected chi connectivity index (χ3v) is 2.89. The molecule has 1 unspecified atom stereocenters. The molecule has 3 heteroatoms. The van der Waals surface area contributed by atoms with Gasteiger partial charge in [-0.1, -0.05) is 0 Å². The van der Waals surface area contributed by atoms with Crippen molar-refractivity contribution in [2.75, 3.05) is 25.1 Å². The van der Waals surface area contributed by atoms with Crippen LogP contribution in [0.3, 0.4) is 0 Å². The lowest BCUT2D eigenvalue weighted by Crippen LogP contribution is -2.32. The van der Waals surface area contributed by atoms with Crippen LogP contribution >= 0.6 is 11.8 Å². The zero-order valence-corrected chi connectivity index (χ0v) is 7.77. The zero-order valence-electron chi connectivity index (χ0n) is 6.95. The quantitative estimate of drug-likeness (QED) is 0.592. The van der Waals surface area contributed by atoms with Crippen LogP contribution < -0.4 is 0 Å². The Hall–Kier alpha value is -0.0200. The van der Waals surface area contributed by atoms with Gasteiger partial charge in [-0.15, -0.1) is 0 Å². The molecule has 1 aliphatic heterocycles. The van der Waals surface area contributed by atoms with E-state index in [-0.39, 0.29) is 0 Å². The highest BCUT2D eigenvalue weighted by atomic mass is 32.2. The first kappa shape index (κ1) is 9.07. The standard InChI is InChI=1S/C8H15NOS/c1-11-7-8-3-2-4-9(8)5-6-10/h6,8H,2-5,7H2,1H3. The number of nitrogens with zero attached hydrogens (tertiary/aromatic N) is 1. The highest BCUT2D eigenvalue weighted by Gasteiger charge is 2.22. The molecule has 1 fully saturated rings. The minimum atomic E-state index is 0.630. The Morgan fingerprint density at radius 3 is 3.18 bits per heavy atom. The fourth-order valence-electron chi connectivity index (χ4n) is 1.61. The van der Waals surface area contributed by atoms with Crippen molar-refractivity contribution in [1.29, 1.82) is 0 Å². The summed E-state index contributed by atoms with van der Waals surface area (Å²) in [6.45, 7) is 1.75. The Morgan fingerprint density at radius 1 is 1.73 bits per heavy atom. The fourth-order valence-corrected chi connectivity index (χ4v) is 2.37. The van der Waals surface area contributed by atoms with E-state index < -0.39 is 0 Å². The van der Waals surface area contributed by atoms with Crippen LogP contribution in [-0.2, 0) is 4.79 Å². The molecule has 0 aromatic heterocycles. The monoisotopic (exact) mass is 173 g/mol. The van der Waals surface area contributed by atoms with Crippen molar-refractivity contribution < 1.29 is 4.79 Å². The van der Waals surface area contributed by atoms with Crippen LogP contribution in [0.25, 0.3) is 0 Å². The van der Waals surface area contributed by atoms with Gasteiger partial charge >= 0.3 is 0 Å². The maximum absolute atomic E-state index is 10.3. The Kier molecular flexibility index (Phi) is 3.94. The van der Waals surface area contributed by atoms with Crippen molar-refractivity contribution in [2.24, 2.45) is 0 Å². The summed E-state index contributed by atoms with van der Waals surface area (Å²) >= 11 is 1.87. The van der Waals surface area contributed by atoms with Crippen LogP contribution in [-0.4, -0.2) is 42.3 Å². The van der Waals surface area contributed by atoms with E-state index in [0.29, 0.717) is 12.6 Å². The molecule has 0 amide bonds. The normalized spacial score (nSPS) is 25.7. The second-order valence-electron chi connectivity index (χ2n) is 2.91. The van der Waals surface area contributed by atoms with E-state index in [2.05, 4.69) is 11.2 Å². The number of aldehydes is 1. The highest BCUT2D eigenvalue weighted by molar-refractivity contribution is 7.98. The number of carbonyl (C=O) groups excluding carboxylic acids is 1. The highest BCUT2D eigenvalue weighted by Crippen LogP contribution is 2.18. The van der Waals surface area contributed by atoms with E-state index in [1.807, 2.05) is 11.8 Å². The Morgan fingerprint density at radius 2 is 2.55 bits per heavy atom. The third-order valence-electron chi connectivity index (χ3n) is 2.17. The molecule has 0 saturated carbocycles. The topological polar surface area (TPSA) is 20.3 Å². The second-order valence-corrected chi connectivity index (χ2v) is 3.82. The number of hydrogen-bond acceptors (Lipinski definition) is 3. The minimum Gasteiger partial charge on any atom is -0.302 e. The van der Waals surface area contributed by atoms with Gasteiger partial charge in [-0.05, 0) is 25.6 Å². The van der Waals surface area contributed by atoms with Gasteiger partial charge in [0.05, 0.1) is 6.54 Å². The molecule has 1 heterocycles. The lowest BCUT2D eigenvalue weighted by Gasteiger charge is -2.20. The van der Waals surface area contributed by atoms with Crippen LogP contribution in [0.1, 0.15) is 12.8 Å². The van der Waals surface area contributed by atoms with Gasteiger partial charge in [0, 0.05) is 11.8 Å². The predicted octanol–water partition coefficient (Wildman–Crippen LogP) is 1.01. The number of hydrogen-bond donors (Lipinski definition) is 0. The summed E-state index contributed by atoms with van der Waals surface area (Å²) in [6.07, 6.45) is 5.67. The first-order valence-electron chi connectivity index (χ1n) is 4.05. The van der Waals surface area contributed by atoms with Crippen LogP contribution in [0.15, 0.2) is 0 Å². The Bertz CT molecular complexity index is 129. The minimum absolute atomic E-state index is 0.630. The van der Waals surface area contributed by atoms with Gasteiger partial charge in [0.1, 0.15) is 6.29 Å². The van der Waals surface area contributed by atoms with Crippen molar-refractivity contribution in [1.82, 2.24) is 4.90 Å². The molecule has 64 valence electrons. The van der Waals surface area contributed by atoms with E-state index in [1.54, 1.807) is 0 Å². The molecule has 11 heavy (non-hydrogen) atoms. The molecule has 1 rings (SSSR count). The van der Waals surface area contributed by atoms with Gasteiger partial charge in [0.15, 0.2) is 0 Å². The maximum atomic E-state index is 10.3. The van der Waals surface area contributed by atoms with Crippen molar-refractivity contribution in [2.45, 2.75) is 18.9 Å². The van der Waals surface area contributed by atoms with E-state index in [9.17, 15) is 4.79 Å². The van der Waals surface area contributed by atoms with E-state index in [1.165, 1.54) is 18.6 Å². The van der Waals surface area contributed by atoms with Gasteiger partial charge in [0.2, 0.25) is 0 Å². The van der Waals surface area contributed by atoms with E-state index >= 15 is 0 Å². The maximum Gasteiger partial charge on any atom is 0.133 e. The predicted molar refractivity (Wildman–Crippen MR) is 49.0 cm³/mol. The van der Waals surface area contributed by atoms with Gasteiger partial charge in [0.25, 0.3) is 0 Å². The van der Waals surface area contributed by atoms with Crippen molar-refractivity contribution >= 4 is 18.0 Å². The number of thioether (sulfide) groups is 1. The number of carbonyl (C=O) groups is 1. The molecule has 1 saturated heterocycles. The molecule has 0 aliphatic carbocycles. The smallest absolute Gasteiger partial charge is 0.133 e. The molecule has 0 radical (unpaired) electrons. The molecule has 0 aromatic rings. The molecule has 1 aliphatic rings. The van der Waals surface area contributed by atoms with Crippen molar-refractivity contribution in [3.8, 4) is 0 Å². The van der Waals surface area contributed by atoms with Gasteiger partial charge < -0.3 is 4.79 Å². The first-order valence-corrected chi connectivity index (χ1v) is 5.44. The van der Waals surface area contributed by atoms with Crippen LogP contribution in [0.4, 0.5) is 0 Å². The summed E-state index contributed by atoms with van der Waals surface area (Å²) in [5.41, 5.74) is 0. The number of likely N-dealkylation sites (tertiary alicyclic amines) is 1. The summed E-state index contributed by atoms with van der Waals surface area (Å²) in [7, 11) is 0. The molecule has 1 atom stereocenters. The van der Waals surface area contributed by atoms with Crippen LogP contribution in [0, 0.1) is 0 Å². The third kappa shape index (κ3) is 2.49. The molecule has 2 nitrogen and oxygen atoms in total. The van der Waals surface area contributed by atoms with Crippen LogP contribution in [0.5, 0.6) is 0 Å².